The third kappa shape index (κ3) is 4.72. The first kappa shape index (κ1) is 19.9. The molecule has 2 aromatic carbocycles. The zero-order valence-electron chi connectivity index (χ0n) is 14.9. The molecule has 0 spiro atoms. The van der Waals surface area contributed by atoms with Gasteiger partial charge in [0, 0.05) is 11.3 Å². The van der Waals surface area contributed by atoms with Gasteiger partial charge in [-0.15, -0.1) is 10.2 Å². The van der Waals surface area contributed by atoms with Crippen molar-refractivity contribution < 1.29 is 22.4 Å². The first-order valence-corrected chi connectivity index (χ1v) is 9.16. The van der Waals surface area contributed by atoms with Crippen molar-refractivity contribution in [1.29, 1.82) is 0 Å². The smallest absolute Gasteiger partial charge is 0.411 e. The van der Waals surface area contributed by atoms with E-state index in [2.05, 4.69) is 15.5 Å². The fraction of sp³-hybridized carbons (Fsp3) is 0.211. The van der Waals surface area contributed by atoms with Gasteiger partial charge in [-0.1, -0.05) is 30.0 Å². The number of amides is 1. The summed E-state index contributed by atoms with van der Waals surface area (Å²) in [4.78, 5) is 12.3. The minimum absolute atomic E-state index is 0.230. The van der Waals surface area contributed by atoms with Crippen molar-refractivity contribution >= 4 is 23.4 Å². The number of halogens is 3. The van der Waals surface area contributed by atoms with E-state index in [1.165, 1.54) is 12.1 Å². The number of aromatic nitrogens is 2. The van der Waals surface area contributed by atoms with Gasteiger partial charge in [-0.25, -0.2) is 0 Å². The van der Waals surface area contributed by atoms with Crippen LogP contribution in [0.2, 0.25) is 0 Å². The number of alkyl halides is 3. The van der Waals surface area contributed by atoms with E-state index >= 15 is 0 Å². The van der Waals surface area contributed by atoms with Gasteiger partial charge < -0.3 is 9.73 Å². The van der Waals surface area contributed by atoms with Crippen molar-refractivity contribution in [1.82, 2.24) is 10.2 Å². The Balaban J connectivity index is 1.63. The van der Waals surface area contributed by atoms with Crippen LogP contribution in [0.15, 0.2) is 58.2 Å². The topological polar surface area (TPSA) is 68.0 Å². The number of hydrogen-bond donors (Lipinski definition) is 1. The normalized spacial score (nSPS) is 12.6. The molecule has 3 rings (SSSR count). The number of aryl methyl sites for hydroxylation is 1. The van der Waals surface area contributed by atoms with Crippen molar-refractivity contribution in [3.63, 3.8) is 0 Å². The molecule has 0 aliphatic rings. The summed E-state index contributed by atoms with van der Waals surface area (Å²) in [6, 6.07) is 11.8. The molecule has 0 saturated carbocycles. The van der Waals surface area contributed by atoms with Crippen molar-refractivity contribution in [2.24, 2.45) is 0 Å². The van der Waals surface area contributed by atoms with Crippen LogP contribution >= 0.6 is 11.8 Å². The van der Waals surface area contributed by atoms with E-state index in [0.717, 1.165) is 35.0 Å². The van der Waals surface area contributed by atoms with Crippen molar-refractivity contribution in [3.8, 4) is 11.5 Å². The number of benzene rings is 2. The Labute approximate surface area is 163 Å². The van der Waals surface area contributed by atoms with Gasteiger partial charge in [0.1, 0.15) is 0 Å². The zero-order chi connectivity index (χ0) is 20.3. The van der Waals surface area contributed by atoms with Crippen LogP contribution in [-0.2, 0) is 11.0 Å². The van der Waals surface area contributed by atoms with E-state index < -0.39 is 17.0 Å². The van der Waals surface area contributed by atoms with E-state index in [4.69, 9.17) is 4.42 Å². The Morgan fingerprint density at radius 2 is 1.79 bits per heavy atom. The quantitative estimate of drug-likeness (QED) is 0.590. The van der Waals surface area contributed by atoms with Crippen molar-refractivity contribution in [3.05, 3.63) is 59.7 Å². The average Bonchev–Trinajstić information content (AvgIpc) is 3.10. The predicted molar refractivity (Wildman–Crippen MR) is 99.9 cm³/mol. The standard InChI is InChI=1S/C19H16F3N3O2S/c1-11-5-3-4-6-15(11)17-24-25-18(27-17)28-12(2)16(26)23-14-9-7-13(8-10-14)19(20,21)22/h3-10,12H,1-2H3,(H,23,26)/t12-/m1/s1. The highest BCUT2D eigenvalue weighted by molar-refractivity contribution is 8.00. The monoisotopic (exact) mass is 407 g/mol. The van der Waals surface area contributed by atoms with Crippen LogP contribution in [0.3, 0.4) is 0 Å². The lowest BCUT2D eigenvalue weighted by molar-refractivity contribution is -0.137. The number of nitrogens with zero attached hydrogens (tertiary/aromatic N) is 2. The van der Waals surface area contributed by atoms with Gasteiger partial charge in [-0.05, 0) is 49.7 Å². The lowest BCUT2D eigenvalue weighted by atomic mass is 10.1. The molecule has 1 heterocycles. The molecule has 0 aliphatic carbocycles. The maximum absolute atomic E-state index is 12.6. The number of nitrogens with one attached hydrogen (secondary N) is 1. The fourth-order valence-electron chi connectivity index (χ4n) is 2.37. The van der Waals surface area contributed by atoms with Crippen LogP contribution in [0, 0.1) is 6.92 Å². The largest absolute Gasteiger partial charge is 0.416 e. The summed E-state index contributed by atoms with van der Waals surface area (Å²) in [5.74, 6) is -0.0312. The molecule has 1 N–H and O–H groups in total. The fourth-order valence-corrected chi connectivity index (χ4v) is 3.05. The zero-order valence-corrected chi connectivity index (χ0v) is 15.8. The van der Waals surface area contributed by atoms with Crippen molar-refractivity contribution in [2.45, 2.75) is 30.5 Å². The van der Waals surface area contributed by atoms with Crippen LogP contribution in [0.5, 0.6) is 0 Å². The molecule has 1 aromatic heterocycles. The van der Waals surface area contributed by atoms with Gasteiger partial charge in [-0.3, -0.25) is 4.79 Å². The first-order valence-electron chi connectivity index (χ1n) is 8.28. The summed E-state index contributed by atoms with van der Waals surface area (Å²) in [5, 5.41) is 10.2. The lowest BCUT2D eigenvalue weighted by Crippen LogP contribution is -2.22. The minimum atomic E-state index is -4.42. The van der Waals surface area contributed by atoms with Crippen LogP contribution < -0.4 is 5.32 Å². The van der Waals surface area contributed by atoms with E-state index in [0.29, 0.717) is 5.89 Å². The van der Waals surface area contributed by atoms with Gasteiger partial charge >= 0.3 is 6.18 Å². The molecule has 0 fully saturated rings. The van der Waals surface area contributed by atoms with E-state index in [-0.39, 0.29) is 16.8 Å². The molecule has 0 unspecified atom stereocenters. The molecule has 0 aliphatic heterocycles. The Kier molecular flexibility index (Phi) is 5.73. The minimum Gasteiger partial charge on any atom is -0.411 e. The number of hydrogen-bond acceptors (Lipinski definition) is 5. The Morgan fingerprint density at radius 3 is 2.43 bits per heavy atom. The molecule has 0 bridgehead atoms. The average molecular weight is 407 g/mol. The van der Waals surface area contributed by atoms with E-state index in [9.17, 15) is 18.0 Å². The number of thioether (sulfide) groups is 1. The molecule has 0 radical (unpaired) electrons. The summed E-state index contributed by atoms with van der Waals surface area (Å²) in [6.45, 7) is 3.56. The number of rotatable bonds is 5. The van der Waals surface area contributed by atoms with Gasteiger partial charge in [-0.2, -0.15) is 13.2 Å². The first-order chi connectivity index (χ1) is 13.2. The van der Waals surface area contributed by atoms with Crippen LogP contribution in [0.1, 0.15) is 18.1 Å². The highest BCUT2D eigenvalue weighted by atomic mass is 32.2. The highest BCUT2D eigenvalue weighted by Gasteiger charge is 2.30. The molecule has 1 atom stereocenters. The van der Waals surface area contributed by atoms with Gasteiger partial charge in [0.25, 0.3) is 5.22 Å². The summed E-state index contributed by atoms with van der Waals surface area (Å²) >= 11 is 1.07. The second-order valence-electron chi connectivity index (χ2n) is 6.01. The van der Waals surface area contributed by atoms with E-state index in [1.54, 1.807) is 6.92 Å². The molecule has 146 valence electrons. The maximum Gasteiger partial charge on any atom is 0.416 e. The third-order valence-corrected chi connectivity index (χ3v) is 4.84. The summed E-state index contributed by atoms with van der Waals surface area (Å²) in [7, 11) is 0. The van der Waals surface area contributed by atoms with E-state index in [1.807, 2.05) is 31.2 Å². The van der Waals surface area contributed by atoms with Crippen LogP contribution in [0.4, 0.5) is 18.9 Å². The Bertz CT molecular complexity index is 971. The molecule has 28 heavy (non-hydrogen) atoms. The Hall–Kier alpha value is -2.81. The number of anilines is 1. The van der Waals surface area contributed by atoms with Crippen molar-refractivity contribution in [2.75, 3.05) is 5.32 Å². The summed E-state index contributed by atoms with van der Waals surface area (Å²) in [5.41, 5.74) is 1.29. The van der Waals surface area contributed by atoms with Gasteiger partial charge in [0.2, 0.25) is 11.8 Å². The maximum atomic E-state index is 12.6. The van der Waals surface area contributed by atoms with Gasteiger partial charge in [0.05, 0.1) is 10.8 Å². The molecule has 5 nitrogen and oxygen atoms in total. The molecule has 3 aromatic rings. The Morgan fingerprint density at radius 1 is 1.11 bits per heavy atom. The third-order valence-electron chi connectivity index (χ3n) is 3.91. The second-order valence-corrected chi connectivity index (χ2v) is 7.30. The molecular formula is C19H16F3N3O2S. The molecule has 0 saturated heterocycles. The van der Waals surface area contributed by atoms with Gasteiger partial charge in [0.15, 0.2) is 0 Å². The second kappa shape index (κ2) is 8.05. The SMILES string of the molecule is Cc1ccccc1-c1nnc(S[C@H](C)C(=O)Nc2ccc(C(F)(F)F)cc2)o1. The number of carbonyl (C=O) groups excluding carboxylic acids is 1. The predicted octanol–water partition coefficient (Wildman–Crippen LogP) is 5.18. The lowest BCUT2D eigenvalue weighted by Gasteiger charge is -2.11. The summed E-state index contributed by atoms with van der Waals surface area (Å²) in [6.07, 6.45) is -4.42. The van der Waals surface area contributed by atoms with Crippen LogP contribution in [-0.4, -0.2) is 21.4 Å². The highest BCUT2D eigenvalue weighted by Crippen LogP contribution is 2.31. The summed E-state index contributed by atoms with van der Waals surface area (Å²) < 4.78 is 43.4. The molecule has 1 amide bonds. The molecule has 9 heteroatoms. The number of carbonyl (C=O) groups is 1. The van der Waals surface area contributed by atoms with Crippen LogP contribution in [0.25, 0.3) is 11.5 Å². The molecular weight excluding hydrogens is 391 g/mol.